The normalized spacial score (nSPS) is 10.8. The third-order valence-electron chi connectivity index (χ3n) is 1.98. The molecule has 0 amide bonds. The Labute approximate surface area is 101 Å². The Morgan fingerprint density at radius 1 is 1.44 bits per heavy atom. The first kappa shape index (κ1) is 13.3. The summed E-state index contributed by atoms with van der Waals surface area (Å²) in [4.78, 5) is 0. The monoisotopic (exact) mass is 245 g/mol. The highest BCUT2D eigenvalue weighted by Gasteiger charge is 2.02. The fourth-order valence-electron chi connectivity index (χ4n) is 1.22. The maximum atomic E-state index is 12.7. The van der Waals surface area contributed by atoms with Gasteiger partial charge in [0.25, 0.3) is 0 Å². The molecule has 1 aromatic carbocycles. The zero-order valence-electron chi connectivity index (χ0n) is 9.59. The van der Waals surface area contributed by atoms with Gasteiger partial charge < -0.3 is 10.1 Å². The average Bonchev–Trinajstić information content (AvgIpc) is 2.20. The van der Waals surface area contributed by atoms with Crippen LogP contribution in [-0.2, 0) is 0 Å². The fraction of sp³-hybridized carbons (Fsp3) is 0.500. The summed E-state index contributed by atoms with van der Waals surface area (Å²) < 4.78 is 18.1. The maximum absolute atomic E-state index is 12.7. The molecular weight excluding hydrogens is 229 g/mol. The van der Waals surface area contributed by atoms with Crippen molar-refractivity contribution in [1.82, 2.24) is 5.32 Å². The Hall–Kier alpha value is -0.800. The minimum atomic E-state index is -0.352. The van der Waals surface area contributed by atoms with Crippen LogP contribution >= 0.6 is 11.6 Å². The van der Waals surface area contributed by atoms with Crippen LogP contribution in [0.2, 0.25) is 5.02 Å². The van der Waals surface area contributed by atoms with Gasteiger partial charge in [-0.15, -0.1) is 0 Å². The summed E-state index contributed by atoms with van der Waals surface area (Å²) >= 11 is 5.81. The second kappa shape index (κ2) is 6.71. The molecule has 0 saturated heterocycles. The molecule has 0 aromatic heterocycles. The van der Waals surface area contributed by atoms with E-state index in [9.17, 15) is 4.39 Å². The molecule has 0 aliphatic heterocycles. The molecule has 0 spiro atoms. The van der Waals surface area contributed by atoms with Gasteiger partial charge >= 0.3 is 0 Å². The lowest BCUT2D eigenvalue weighted by Gasteiger charge is -2.10. The molecule has 1 rings (SSSR count). The first-order chi connectivity index (χ1) is 7.59. The molecule has 0 aliphatic rings. The molecule has 0 bridgehead atoms. The molecule has 90 valence electrons. The van der Waals surface area contributed by atoms with Gasteiger partial charge in [0.15, 0.2) is 0 Å². The summed E-state index contributed by atoms with van der Waals surface area (Å²) in [7, 11) is 0. The average molecular weight is 246 g/mol. The number of ether oxygens (including phenoxy) is 1. The zero-order chi connectivity index (χ0) is 12.0. The molecule has 0 atom stereocenters. The highest BCUT2D eigenvalue weighted by atomic mass is 35.5. The molecule has 1 N–H and O–H groups in total. The summed E-state index contributed by atoms with van der Waals surface area (Å²) in [5.74, 6) is 0.791. The Kier molecular flexibility index (Phi) is 5.56. The Morgan fingerprint density at radius 3 is 2.81 bits per heavy atom. The summed E-state index contributed by atoms with van der Waals surface area (Å²) in [5.41, 5.74) is 0. The van der Waals surface area contributed by atoms with Crippen LogP contribution in [0.25, 0.3) is 0 Å². The van der Waals surface area contributed by atoms with E-state index in [1.54, 1.807) is 6.07 Å². The van der Waals surface area contributed by atoms with Crippen molar-refractivity contribution in [1.29, 1.82) is 0 Å². The summed E-state index contributed by atoms with van der Waals surface area (Å²) in [6.45, 7) is 6.53. The van der Waals surface area contributed by atoms with Gasteiger partial charge in [0, 0.05) is 6.54 Å². The second-order valence-corrected chi connectivity index (χ2v) is 4.43. The molecular formula is C12H17ClFNO. The summed E-state index contributed by atoms with van der Waals surface area (Å²) in [6, 6.07) is 4.13. The van der Waals surface area contributed by atoms with Crippen LogP contribution in [0.4, 0.5) is 4.39 Å². The van der Waals surface area contributed by atoms with Gasteiger partial charge in [0.05, 0.1) is 5.02 Å². The zero-order valence-corrected chi connectivity index (χ0v) is 10.4. The number of rotatable bonds is 6. The van der Waals surface area contributed by atoms with Crippen LogP contribution < -0.4 is 10.1 Å². The minimum absolute atomic E-state index is 0.309. The Morgan fingerprint density at radius 2 is 2.19 bits per heavy atom. The summed E-state index contributed by atoms with van der Waals surface area (Å²) in [5, 5.41) is 3.55. The second-order valence-electron chi connectivity index (χ2n) is 4.02. The standard InChI is InChI=1S/C12H17ClFNO/c1-9(2)8-15-5-6-16-12-4-3-10(14)7-11(12)13/h3-4,7,9,15H,5-6,8H2,1-2H3. The molecule has 0 saturated carbocycles. The fourth-order valence-corrected chi connectivity index (χ4v) is 1.44. The van der Waals surface area contributed by atoms with Gasteiger partial charge in [-0.05, 0) is 30.7 Å². The predicted molar refractivity (Wildman–Crippen MR) is 64.6 cm³/mol. The van der Waals surface area contributed by atoms with Crippen LogP contribution in [0.15, 0.2) is 18.2 Å². The van der Waals surface area contributed by atoms with Gasteiger partial charge in [0.1, 0.15) is 18.2 Å². The van der Waals surface area contributed by atoms with Crippen molar-refractivity contribution in [3.8, 4) is 5.75 Å². The minimum Gasteiger partial charge on any atom is -0.491 e. The van der Waals surface area contributed by atoms with Gasteiger partial charge in [-0.3, -0.25) is 0 Å². The van der Waals surface area contributed by atoms with E-state index in [2.05, 4.69) is 19.2 Å². The molecule has 16 heavy (non-hydrogen) atoms. The van der Waals surface area contributed by atoms with E-state index in [0.717, 1.165) is 13.1 Å². The first-order valence-electron chi connectivity index (χ1n) is 5.38. The maximum Gasteiger partial charge on any atom is 0.138 e. The topological polar surface area (TPSA) is 21.3 Å². The van der Waals surface area contributed by atoms with E-state index in [1.807, 2.05) is 0 Å². The van der Waals surface area contributed by atoms with E-state index in [0.29, 0.717) is 23.3 Å². The largest absolute Gasteiger partial charge is 0.491 e. The molecule has 2 nitrogen and oxygen atoms in total. The predicted octanol–water partition coefficient (Wildman–Crippen LogP) is 3.10. The van der Waals surface area contributed by atoms with Gasteiger partial charge in [-0.25, -0.2) is 4.39 Å². The Balaban J connectivity index is 2.27. The van der Waals surface area contributed by atoms with E-state index < -0.39 is 0 Å². The van der Waals surface area contributed by atoms with Crippen LogP contribution in [0.3, 0.4) is 0 Å². The van der Waals surface area contributed by atoms with Crippen LogP contribution in [-0.4, -0.2) is 19.7 Å². The molecule has 0 fully saturated rings. The van der Waals surface area contributed by atoms with Gasteiger partial charge in [0.2, 0.25) is 0 Å². The third kappa shape index (κ3) is 4.81. The van der Waals surface area contributed by atoms with Gasteiger partial charge in [-0.2, -0.15) is 0 Å². The third-order valence-corrected chi connectivity index (χ3v) is 2.28. The number of nitrogens with one attached hydrogen (secondary N) is 1. The number of halogens is 2. The molecule has 4 heteroatoms. The van der Waals surface area contributed by atoms with Crippen molar-refractivity contribution in [3.05, 3.63) is 29.0 Å². The highest BCUT2D eigenvalue weighted by molar-refractivity contribution is 6.32. The molecule has 0 aliphatic carbocycles. The lowest BCUT2D eigenvalue weighted by molar-refractivity contribution is 0.310. The molecule has 0 radical (unpaired) electrons. The molecule has 0 heterocycles. The van der Waals surface area contributed by atoms with E-state index >= 15 is 0 Å². The van der Waals surface area contributed by atoms with Crippen LogP contribution in [0.5, 0.6) is 5.75 Å². The number of hydrogen-bond donors (Lipinski definition) is 1. The highest BCUT2D eigenvalue weighted by Crippen LogP contribution is 2.24. The van der Waals surface area contributed by atoms with Crippen LogP contribution in [0.1, 0.15) is 13.8 Å². The lowest BCUT2D eigenvalue weighted by Crippen LogP contribution is -2.24. The lowest BCUT2D eigenvalue weighted by atomic mass is 10.2. The first-order valence-corrected chi connectivity index (χ1v) is 5.76. The van der Waals surface area contributed by atoms with E-state index in [1.165, 1.54) is 12.1 Å². The van der Waals surface area contributed by atoms with E-state index in [4.69, 9.17) is 16.3 Å². The Bertz CT molecular complexity index is 331. The number of benzene rings is 1. The smallest absolute Gasteiger partial charge is 0.138 e. The van der Waals surface area contributed by atoms with Crippen LogP contribution in [0, 0.1) is 11.7 Å². The van der Waals surface area contributed by atoms with Crippen molar-refractivity contribution in [2.75, 3.05) is 19.7 Å². The molecule has 1 aromatic rings. The molecule has 0 unspecified atom stereocenters. The van der Waals surface area contributed by atoms with Crippen molar-refractivity contribution < 1.29 is 9.13 Å². The van der Waals surface area contributed by atoms with Crippen molar-refractivity contribution in [3.63, 3.8) is 0 Å². The summed E-state index contributed by atoms with van der Waals surface area (Å²) in [6.07, 6.45) is 0. The van der Waals surface area contributed by atoms with Crippen molar-refractivity contribution in [2.24, 2.45) is 5.92 Å². The van der Waals surface area contributed by atoms with E-state index in [-0.39, 0.29) is 5.82 Å². The van der Waals surface area contributed by atoms with Gasteiger partial charge in [-0.1, -0.05) is 25.4 Å². The SMILES string of the molecule is CC(C)CNCCOc1ccc(F)cc1Cl. The van der Waals surface area contributed by atoms with Crippen molar-refractivity contribution >= 4 is 11.6 Å². The van der Waals surface area contributed by atoms with Crippen molar-refractivity contribution in [2.45, 2.75) is 13.8 Å². The number of hydrogen-bond acceptors (Lipinski definition) is 2. The quantitative estimate of drug-likeness (QED) is 0.778.